The fraction of sp³-hybridized carbons (Fsp3) is 0.400. The maximum Gasteiger partial charge on any atom is 0.245 e. The smallest absolute Gasteiger partial charge is 0.245 e. The van der Waals surface area contributed by atoms with E-state index >= 15 is 0 Å². The van der Waals surface area contributed by atoms with Crippen LogP contribution in [0.1, 0.15) is 18.9 Å². The topological polar surface area (TPSA) is 76.7 Å². The molecule has 0 radical (unpaired) electrons. The summed E-state index contributed by atoms with van der Waals surface area (Å²) in [6.07, 6.45) is 4.70. The normalized spacial score (nSPS) is 17.0. The van der Waals surface area contributed by atoms with E-state index in [0.717, 1.165) is 11.1 Å². The Morgan fingerprint density at radius 3 is 2.67 bits per heavy atom. The Kier molecular flexibility index (Phi) is 8.00. The van der Waals surface area contributed by atoms with Gasteiger partial charge in [0.25, 0.3) is 0 Å². The second-order valence-corrected chi connectivity index (χ2v) is 6.25. The van der Waals surface area contributed by atoms with E-state index in [2.05, 4.69) is 10.6 Å². The van der Waals surface area contributed by atoms with Crippen LogP contribution in [-0.2, 0) is 20.9 Å². The molecule has 0 saturated heterocycles. The molecule has 0 heterocycles. The molecule has 0 aliphatic heterocycles. The number of carbonyl (C=O) groups is 2. The molecule has 146 valence electrons. The van der Waals surface area contributed by atoms with Crippen LogP contribution in [-0.4, -0.2) is 44.4 Å². The maximum atomic E-state index is 13.3. The first-order valence-electron chi connectivity index (χ1n) is 8.74. The lowest BCUT2D eigenvalue weighted by Crippen LogP contribution is -2.48. The molecule has 7 heteroatoms. The van der Waals surface area contributed by atoms with Gasteiger partial charge in [0, 0.05) is 27.0 Å². The predicted molar refractivity (Wildman–Crippen MR) is 100 cm³/mol. The molecule has 2 unspecified atom stereocenters. The number of halogens is 1. The van der Waals surface area contributed by atoms with Crippen LogP contribution < -0.4 is 15.4 Å². The number of allylic oxidation sites excluding steroid dienone is 2. The van der Waals surface area contributed by atoms with Crippen molar-refractivity contribution >= 4 is 11.8 Å². The molecule has 2 amide bonds. The number of nitrogens with one attached hydrogen (secondary N) is 2. The molecule has 2 N–H and O–H groups in total. The van der Waals surface area contributed by atoms with Gasteiger partial charge in [0.2, 0.25) is 11.8 Å². The number of amides is 2. The highest BCUT2D eigenvalue weighted by molar-refractivity contribution is 5.86. The first kappa shape index (κ1) is 20.6. The number of hydrogen-bond acceptors (Lipinski definition) is 4. The van der Waals surface area contributed by atoms with Crippen molar-refractivity contribution in [2.24, 2.45) is 0 Å². The fourth-order valence-electron chi connectivity index (χ4n) is 2.58. The average Bonchev–Trinajstić information content (AvgIpc) is 2.64. The van der Waals surface area contributed by atoms with Crippen LogP contribution in [0, 0.1) is 0 Å². The Bertz CT molecular complexity index is 700. The lowest BCUT2D eigenvalue weighted by Gasteiger charge is -2.16. The highest BCUT2D eigenvalue weighted by atomic mass is 19.1. The Balaban J connectivity index is 1.81. The van der Waals surface area contributed by atoms with Gasteiger partial charge in [-0.25, -0.2) is 4.39 Å². The zero-order chi connectivity index (χ0) is 19.6. The number of alkyl halides is 1. The molecule has 1 aliphatic rings. The van der Waals surface area contributed by atoms with E-state index in [1.165, 1.54) is 14.0 Å². The number of hydrogen-bond donors (Lipinski definition) is 2. The summed E-state index contributed by atoms with van der Waals surface area (Å²) in [5.74, 6) is 0.0516. The Hall–Kier alpha value is -2.67. The van der Waals surface area contributed by atoms with E-state index in [-0.39, 0.29) is 18.4 Å². The van der Waals surface area contributed by atoms with Gasteiger partial charge in [0.1, 0.15) is 24.6 Å². The second-order valence-electron chi connectivity index (χ2n) is 6.25. The number of rotatable bonds is 9. The summed E-state index contributed by atoms with van der Waals surface area (Å²) in [6.45, 7) is 2.07. The summed E-state index contributed by atoms with van der Waals surface area (Å²) >= 11 is 0. The van der Waals surface area contributed by atoms with Gasteiger partial charge in [0.05, 0.1) is 6.61 Å². The van der Waals surface area contributed by atoms with Crippen molar-refractivity contribution in [2.45, 2.75) is 32.1 Å². The van der Waals surface area contributed by atoms with Gasteiger partial charge in [0.15, 0.2) is 0 Å². The number of methoxy groups -OCH3 is 1. The minimum absolute atomic E-state index is 0.0994. The molecule has 0 saturated carbocycles. The molecule has 6 nitrogen and oxygen atoms in total. The van der Waals surface area contributed by atoms with Gasteiger partial charge in [-0.2, -0.15) is 0 Å². The number of benzene rings is 1. The summed E-state index contributed by atoms with van der Waals surface area (Å²) in [6, 6.07) is 6.53. The van der Waals surface area contributed by atoms with Crippen LogP contribution in [0.3, 0.4) is 0 Å². The minimum atomic E-state index is -0.945. The van der Waals surface area contributed by atoms with Crippen LogP contribution in [0.25, 0.3) is 0 Å². The highest BCUT2D eigenvalue weighted by Gasteiger charge is 2.18. The van der Waals surface area contributed by atoms with Gasteiger partial charge in [-0.1, -0.05) is 24.3 Å². The highest BCUT2D eigenvalue weighted by Crippen LogP contribution is 2.17. The van der Waals surface area contributed by atoms with Gasteiger partial charge in [-0.05, 0) is 29.3 Å². The molecule has 1 aromatic rings. The van der Waals surface area contributed by atoms with Crippen LogP contribution >= 0.6 is 0 Å². The molecule has 0 fully saturated rings. The maximum absolute atomic E-state index is 13.3. The molecular weight excluding hydrogens is 351 g/mol. The third-order valence-electron chi connectivity index (χ3n) is 3.91. The van der Waals surface area contributed by atoms with Crippen molar-refractivity contribution < 1.29 is 23.5 Å². The molecule has 0 bridgehead atoms. The van der Waals surface area contributed by atoms with Crippen molar-refractivity contribution in [3.63, 3.8) is 0 Å². The van der Waals surface area contributed by atoms with Crippen LogP contribution in [0.5, 0.6) is 5.75 Å². The van der Waals surface area contributed by atoms with Crippen molar-refractivity contribution in [1.29, 1.82) is 0 Å². The van der Waals surface area contributed by atoms with E-state index in [4.69, 9.17) is 9.47 Å². The Morgan fingerprint density at radius 2 is 2.04 bits per heavy atom. The molecule has 0 aromatic heterocycles. The Morgan fingerprint density at radius 1 is 1.30 bits per heavy atom. The third-order valence-corrected chi connectivity index (χ3v) is 3.91. The summed E-state index contributed by atoms with van der Waals surface area (Å²) in [7, 11) is 1.47. The standard InChI is InChI=1S/C20H25FN2O4/c1-14(24)23-19(13-26-2)20(25)22-11-15-6-8-18(9-7-15)27-12-16-4-3-5-17(21)10-16/h3-4,6-10,17,19H,5,11-13H2,1-2H3,(H,22,25)(H,23,24). The zero-order valence-electron chi connectivity index (χ0n) is 15.5. The van der Waals surface area contributed by atoms with Crippen molar-refractivity contribution in [1.82, 2.24) is 10.6 Å². The average molecular weight is 376 g/mol. The summed E-state index contributed by atoms with van der Waals surface area (Å²) in [4.78, 5) is 23.3. The Labute approximate surface area is 158 Å². The summed E-state index contributed by atoms with van der Waals surface area (Å²) in [5, 5.41) is 5.31. The SMILES string of the molecule is COCC(NC(C)=O)C(=O)NCc1ccc(OCC2=CC(F)CC=C2)cc1. The van der Waals surface area contributed by atoms with Crippen LogP contribution in [0.15, 0.2) is 48.1 Å². The second kappa shape index (κ2) is 10.5. The minimum Gasteiger partial charge on any atom is -0.489 e. The number of carbonyl (C=O) groups excluding carboxylic acids is 2. The van der Waals surface area contributed by atoms with Gasteiger partial charge < -0.3 is 20.1 Å². The summed E-state index contributed by atoms with van der Waals surface area (Å²) in [5.41, 5.74) is 1.70. The molecule has 2 rings (SSSR count). The molecule has 0 spiro atoms. The largest absolute Gasteiger partial charge is 0.489 e. The molecule has 2 atom stereocenters. The van der Waals surface area contributed by atoms with Crippen molar-refractivity contribution in [3.05, 3.63) is 53.6 Å². The third kappa shape index (κ3) is 7.22. The van der Waals surface area contributed by atoms with E-state index in [1.807, 2.05) is 18.2 Å². The molecule has 27 heavy (non-hydrogen) atoms. The van der Waals surface area contributed by atoms with E-state index in [9.17, 15) is 14.0 Å². The van der Waals surface area contributed by atoms with Gasteiger partial charge >= 0.3 is 0 Å². The lowest BCUT2D eigenvalue weighted by molar-refractivity contribution is -0.129. The number of ether oxygens (including phenoxy) is 2. The van der Waals surface area contributed by atoms with E-state index in [0.29, 0.717) is 25.3 Å². The summed E-state index contributed by atoms with van der Waals surface area (Å²) < 4.78 is 23.9. The van der Waals surface area contributed by atoms with Gasteiger partial charge in [-0.15, -0.1) is 0 Å². The molecule has 1 aromatic carbocycles. The van der Waals surface area contributed by atoms with Crippen molar-refractivity contribution in [3.8, 4) is 5.75 Å². The quantitative estimate of drug-likeness (QED) is 0.692. The van der Waals surface area contributed by atoms with Crippen LogP contribution in [0.2, 0.25) is 0 Å². The van der Waals surface area contributed by atoms with Crippen molar-refractivity contribution in [2.75, 3.05) is 20.3 Å². The first-order chi connectivity index (χ1) is 13.0. The lowest BCUT2D eigenvalue weighted by atomic mass is 10.1. The van der Waals surface area contributed by atoms with Gasteiger partial charge in [-0.3, -0.25) is 9.59 Å². The fourth-order valence-corrected chi connectivity index (χ4v) is 2.58. The van der Waals surface area contributed by atoms with E-state index in [1.54, 1.807) is 24.3 Å². The van der Waals surface area contributed by atoms with Crippen LogP contribution in [0.4, 0.5) is 4.39 Å². The molecular formula is C20H25FN2O4. The monoisotopic (exact) mass is 376 g/mol. The molecule has 1 aliphatic carbocycles. The predicted octanol–water partition coefficient (Wildman–Crippen LogP) is 2.06. The zero-order valence-corrected chi connectivity index (χ0v) is 15.5. The first-order valence-corrected chi connectivity index (χ1v) is 8.74. The van der Waals surface area contributed by atoms with E-state index < -0.39 is 12.2 Å².